The van der Waals surface area contributed by atoms with Gasteiger partial charge in [-0.2, -0.15) is 0 Å². The number of rotatable bonds is 13. The molecule has 9 nitrogen and oxygen atoms in total. The first-order chi connectivity index (χ1) is 17.9. The molecule has 1 aromatic carbocycles. The number of fused-ring (bicyclic) bond motifs is 1. The molecule has 0 aliphatic carbocycles. The fourth-order valence-electron chi connectivity index (χ4n) is 6.10. The molecule has 3 atom stereocenters. The van der Waals surface area contributed by atoms with Crippen LogP contribution in [0.1, 0.15) is 62.5 Å². The smallest absolute Gasteiger partial charge is 0.308 e. The number of hydrogen-bond acceptors (Lipinski definition) is 6. The molecule has 3 aliphatic rings. The van der Waals surface area contributed by atoms with Crippen molar-refractivity contribution >= 4 is 17.8 Å². The Kier molecular flexibility index (Phi) is 9.43. The third-order valence-corrected chi connectivity index (χ3v) is 8.10. The summed E-state index contributed by atoms with van der Waals surface area (Å²) in [4.78, 5) is 44.0. The molecule has 204 valence electrons. The first-order valence-electron chi connectivity index (χ1n) is 13.8. The number of aliphatic hydroxyl groups excluding tert-OH is 1. The molecule has 2 fully saturated rings. The number of carboxylic acids is 1. The summed E-state index contributed by atoms with van der Waals surface area (Å²) in [7, 11) is 0. The Labute approximate surface area is 219 Å². The summed E-state index contributed by atoms with van der Waals surface area (Å²) < 4.78 is 5.65. The Balaban J connectivity index is 1.57. The lowest BCUT2D eigenvalue weighted by molar-refractivity contribution is -0.144. The fourth-order valence-corrected chi connectivity index (χ4v) is 6.10. The van der Waals surface area contributed by atoms with E-state index in [0.29, 0.717) is 58.6 Å². The molecular formula is C28H41N3O6. The number of aliphatic hydroxyl groups is 1. The number of benzene rings is 1. The molecule has 3 heterocycles. The number of carboxylic acid groups (broad SMARTS) is 1. The molecule has 3 aliphatic heterocycles. The van der Waals surface area contributed by atoms with Gasteiger partial charge in [0.05, 0.1) is 19.1 Å². The van der Waals surface area contributed by atoms with Crippen molar-refractivity contribution in [2.45, 2.75) is 63.8 Å². The van der Waals surface area contributed by atoms with Crippen molar-refractivity contribution < 1.29 is 29.3 Å². The first-order valence-corrected chi connectivity index (χ1v) is 13.8. The van der Waals surface area contributed by atoms with Crippen molar-refractivity contribution in [3.63, 3.8) is 0 Å². The number of likely N-dealkylation sites (tertiary alicyclic amines) is 2. The predicted octanol–water partition coefficient (Wildman–Crippen LogP) is 2.11. The molecule has 2 N–H and O–H groups in total. The highest BCUT2D eigenvalue weighted by molar-refractivity contribution is 5.79. The van der Waals surface area contributed by atoms with E-state index in [1.165, 1.54) is 0 Å². The van der Waals surface area contributed by atoms with Crippen LogP contribution in [0.2, 0.25) is 0 Å². The molecule has 4 rings (SSSR count). The Bertz CT molecular complexity index is 961. The minimum absolute atomic E-state index is 0.0251. The Hall–Kier alpha value is -2.65. The van der Waals surface area contributed by atoms with Crippen LogP contribution in [-0.2, 0) is 20.8 Å². The number of hydrogen-bond donors (Lipinski definition) is 2. The highest BCUT2D eigenvalue weighted by atomic mass is 16.5. The fraction of sp³-hybridized carbons (Fsp3) is 0.679. The molecule has 37 heavy (non-hydrogen) atoms. The standard InChI is InChI=1S/C28H41N3O6/c1-2-3-11-29(13-5-15-32)26(34)19-31-18-22(20-7-8-24-21(17-20)10-16-37-24)27(28(35)36)23(31)9-14-30-12-4-6-25(30)33/h7-8,17,22-23,27,32H,2-6,9-16,18-19H2,1H3,(H,35,36). The number of ether oxygens (including phenoxy) is 1. The van der Waals surface area contributed by atoms with E-state index in [1.807, 2.05) is 21.9 Å². The summed E-state index contributed by atoms with van der Waals surface area (Å²) in [5.41, 5.74) is 2.07. The van der Waals surface area contributed by atoms with E-state index < -0.39 is 11.9 Å². The van der Waals surface area contributed by atoms with Crippen molar-refractivity contribution in [1.29, 1.82) is 0 Å². The molecule has 0 radical (unpaired) electrons. The number of carbonyl (C=O) groups is 3. The van der Waals surface area contributed by atoms with Crippen LogP contribution >= 0.6 is 0 Å². The Morgan fingerprint density at radius 2 is 2.00 bits per heavy atom. The molecule has 2 saturated heterocycles. The summed E-state index contributed by atoms with van der Waals surface area (Å²) >= 11 is 0. The van der Waals surface area contributed by atoms with Crippen LogP contribution in [0, 0.1) is 5.92 Å². The topological polar surface area (TPSA) is 111 Å². The number of carbonyl (C=O) groups excluding carboxylic acids is 2. The van der Waals surface area contributed by atoms with Gasteiger partial charge in [0.2, 0.25) is 11.8 Å². The van der Waals surface area contributed by atoms with Crippen LogP contribution in [0.25, 0.3) is 0 Å². The third kappa shape index (κ3) is 6.44. The van der Waals surface area contributed by atoms with Gasteiger partial charge in [-0.1, -0.05) is 25.5 Å². The second-order valence-corrected chi connectivity index (χ2v) is 10.5. The van der Waals surface area contributed by atoms with Crippen LogP contribution in [0.15, 0.2) is 18.2 Å². The zero-order valence-electron chi connectivity index (χ0n) is 21.9. The van der Waals surface area contributed by atoms with Crippen molar-refractivity contribution in [2.75, 3.05) is 52.5 Å². The molecule has 9 heteroatoms. The molecule has 1 aromatic rings. The van der Waals surface area contributed by atoms with Gasteiger partial charge in [0.15, 0.2) is 0 Å². The largest absolute Gasteiger partial charge is 0.493 e. The Morgan fingerprint density at radius 3 is 2.70 bits per heavy atom. The molecule has 2 amide bonds. The highest BCUT2D eigenvalue weighted by Crippen LogP contribution is 2.41. The van der Waals surface area contributed by atoms with Gasteiger partial charge in [-0.05, 0) is 42.9 Å². The SMILES string of the molecule is CCCCN(CCCO)C(=O)CN1CC(c2ccc3c(c2)CCO3)C(C(=O)O)C1CCN1CCCC1=O. The lowest BCUT2D eigenvalue weighted by Crippen LogP contribution is -2.46. The number of unbranched alkanes of at least 4 members (excludes halogenated alkanes) is 1. The van der Waals surface area contributed by atoms with E-state index in [0.717, 1.165) is 42.6 Å². The zero-order chi connectivity index (χ0) is 26.4. The lowest BCUT2D eigenvalue weighted by atomic mass is 9.83. The second kappa shape index (κ2) is 12.7. The third-order valence-electron chi connectivity index (χ3n) is 8.10. The summed E-state index contributed by atoms with van der Waals surface area (Å²) in [6.07, 6.45) is 5.09. The average Bonchev–Trinajstić information content (AvgIpc) is 3.60. The van der Waals surface area contributed by atoms with E-state index >= 15 is 0 Å². The van der Waals surface area contributed by atoms with Crippen LogP contribution in [0.3, 0.4) is 0 Å². The number of aliphatic carboxylic acids is 1. The quantitative estimate of drug-likeness (QED) is 0.414. The van der Waals surface area contributed by atoms with E-state index in [2.05, 4.69) is 13.0 Å². The molecule has 0 bridgehead atoms. The second-order valence-electron chi connectivity index (χ2n) is 10.5. The van der Waals surface area contributed by atoms with Gasteiger partial charge in [-0.3, -0.25) is 19.3 Å². The van der Waals surface area contributed by atoms with Crippen LogP contribution < -0.4 is 4.74 Å². The molecule has 0 spiro atoms. The summed E-state index contributed by atoms with van der Waals surface area (Å²) in [5, 5.41) is 19.7. The molecule has 0 aromatic heterocycles. The maximum Gasteiger partial charge on any atom is 0.308 e. The van der Waals surface area contributed by atoms with Gasteiger partial charge >= 0.3 is 5.97 Å². The molecular weight excluding hydrogens is 474 g/mol. The van der Waals surface area contributed by atoms with Crippen molar-refractivity contribution in [3.05, 3.63) is 29.3 Å². The zero-order valence-corrected chi connectivity index (χ0v) is 21.9. The van der Waals surface area contributed by atoms with E-state index in [9.17, 15) is 24.6 Å². The van der Waals surface area contributed by atoms with Gasteiger partial charge in [0, 0.05) is 64.1 Å². The van der Waals surface area contributed by atoms with Gasteiger partial charge in [0.25, 0.3) is 0 Å². The first kappa shape index (κ1) is 27.4. The summed E-state index contributed by atoms with van der Waals surface area (Å²) in [6, 6.07) is 5.62. The van der Waals surface area contributed by atoms with Gasteiger partial charge in [-0.25, -0.2) is 0 Å². The summed E-state index contributed by atoms with van der Waals surface area (Å²) in [6.45, 7) is 5.70. The number of amides is 2. The van der Waals surface area contributed by atoms with Crippen molar-refractivity contribution in [3.8, 4) is 5.75 Å². The highest BCUT2D eigenvalue weighted by Gasteiger charge is 2.47. The van der Waals surface area contributed by atoms with Crippen LogP contribution in [0.5, 0.6) is 5.75 Å². The van der Waals surface area contributed by atoms with Gasteiger partial charge in [0.1, 0.15) is 5.75 Å². The maximum absolute atomic E-state index is 13.4. The van der Waals surface area contributed by atoms with Crippen LogP contribution in [-0.4, -0.2) is 101 Å². The van der Waals surface area contributed by atoms with E-state index in [-0.39, 0.29) is 36.9 Å². The Morgan fingerprint density at radius 1 is 1.19 bits per heavy atom. The van der Waals surface area contributed by atoms with Crippen molar-refractivity contribution in [1.82, 2.24) is 14.7 Å². The molecule has 3 unspecified atom stereocenters. The minimum atomic E-state index is -0.863. The van der Waals surface area contributed by atoms with Crippen LogP contribution in [0.4, 0.5) is 0 Å². The normalized spacial score (nSPS) is 23.4. The van der Waals surface area contributed by atoms with E-state index in [1.54, 1.807) is 4.90 Å². The average molecular weight is 516 g/mol. The minimum Gasteiger partial charge on any atom is -0.493 e. The molecule has 0 saturated carbocycles. The van der Waals surface area contributed by atoms with Crippen molar-refractivity contribution in [2.24, 2.45) is 5.92 Å². The van der Waals surface area contributed by atoms with Gasteiger partial charge in [-0.15, -0.1) is 0 Å². The maximum atomic E-state index is 13.4. The monoisotopic (exact) mass is 515 g/mol. The van der Waals surface area contributed by atoms with Gasteiger partial charge < -0.3 is 24.7 Å². The summed E-state index contributed by atoms with van der Waals surface area (Å²) in [5.74, 6) is -0.837. The van der Waals surface area contributed by atoms with E-state index in [4.69, 9.17) is 4.74 Å². The number of nitrogens with zero attached hydrogens (tertiary/aromatic N) is 3. The predicted molar refractivity (Wildman–Crippen MR) is 138 cm³/mol. The lowest BCUT2D eigenvalue weighted by Gasteiger charge is -2.30.